The molecule has 1 heterocycles. The van der Waals surface area contributed by atoms with E-state index in [0.29, 0.717) is 0 Å². The highest BCUT2D eigenvalue weighted by Crippen LogP contribution is 2.17. The number of unbranched alkanes of at least 4 members (excludes halogenated alkanes) is 3. The first-order valence-corrected chi connectivity index (χ1v) is 9.81. The Balaban J connectivity index is 2.28. The highest BCUT2D eigenvalue weighted by atomic mass is 15.3. The van der Waals surface area contributed by atoms with Crippen LogP contribution in [0.1, 0.15) is 52.4 Å². The Morgan fingerprint density at radius 1 is 1.38 bits per heavy atom. The standard InChI is InChI=1S/C20H40N4/c1-6-7-8-9-10-13-23(5)20(21-4)22-15-19-12-11-14-24(17-19)16-18(2)3/h6,18-19H,1,7-17H2,2-5H3,(H,21,22). The number of aliphatic imine (C=N–C) groups is 1. The van der Waals surface area contributed by atoms with Gasteiger partial charge in [0.2, 0.25) is 0 Å². The molecule has 1 N–H and O–H groups in total. The Morgan fingerprint density at radius 2 is 2.17 bits per heavy atom. The molecule has 0 aromatic rings. The van der Waals surface area contributed by atoms with Crippen molar-refractivity contribution in [1.29, 1.82) is 0 Å². The van der Waals surface area contributed by atoms with Crippen LogP contribution in [0.4, 0.5) is 0 Å². The molecule has 1 aliphatic heterocycles. The van der Waals surface area contributed by atoms with Crippen LogP contribution in [0, 0.1) is 11.8 Å². The Labute approximate surface area is 150 Å². The summed E-state index contributed by atoms with van der Waals surface area (Å²) in [5.74, 6) is 2.55. The molecule has 1 unspecified atom stereocenters. The molecule has 4 heteroatoms. The van der Waals surface area contributed by atoms with E-state index < -0.39 is 0 Å². The van der Waals surface area contributed by atoms with Crippen LogP contribution < -0.4 is 5.32 Å². The van der Waals surface area contributed by atoms with Gasteiger partial charge in [-0.3, -0.25) is 4.99 Å². The summed E-state index contributed by atoms with van der Waals surface area (Å²) in [5, 5.41) is 3.60. The molecule has 1 fully saturated rings. The minimum atomic E-state index is 0.746. The number of nitrogens with one attached hydrogen (secondary N) is 1. The maximum Gasteiger partial charge on any atom is 0.193 e. The molecule has 140 valence electrons. The van der Waals surface area contributed by atoms with Crippen molar-refractivity contribution in [3.05, 3.63) is 12.7 Å². The highest BCUT2D eigenvalue weighted by Gasteiger charge is 2.20. The first-order valence-electron chi connectivity index (χ1n) is 9.81. The third-order valence-electron chi connectivity index (χ3n) is 4.75. The SMILES string of the molecule is C=CCCCCCN(C)C(=NC)NCC1CCCN(CC(C)C)C1. The number of allylic oxidation sites excluding steroid dienone is 1. The van der Waals surface area contributed by atoms with Crippen LogP contribution >= 0.6 is 0 Å². The molecule has 0 aromatic carbocycles. The van der Waals surface area contributed by atoms with Crippen molar-refractivity contribution >= 4 is 5.96 Å². The van der Waals surface area contributed by atoms with Gasteiger partial charge in [-0.1, -0.05) is 26.3 Å². The van der Waals surface area contributed by atoms with E-state index in [1.807, 2.05) is 13.1 Å². The van der Waals surface area contributed by atoms with Crippen molar-refractivity contribution in [3.63, 3.8) is 0 Å². The molecule has 4 nitrogen and oxygen atoms in total. The fourth-order valence-corrected chi connectivity index (χ4v) is 3.54. The summed E-state index contributed by atoms with van der Waals surface area (Å²) in [6.07, 6.45) is 9.54. The number of likely N-dealkylation sites (tertiary alicyclic amines) is 1. The fourth-order valence-electron chi connectivity index (χ4n) is 3.54. The van der Waals surface area contributed by atoms with E-state index in [4.69, 9.17) is 0 Å². The lowest BCUT2D eigenvalue weighted by Crippen LogP contribution is -2.45. The van der Waals surface area contributed by atoms with E-state index in [0.717, 1.165) is 37.3 Å². The highest BCUT2D eigenvalue weighted by molar-refractivity contribution is 5.79. The van der Waals surface area contributed by atoms with Crippen molar-refractivity contribution in [2.75, 3.05) is 46.8 Å². The van der Waals surface area contributed by atoms with Crippen LogP contribution in [0.25, 0.3) is 0 Å². The number of rotatable bonds is 10. The lowest BCUT2D eigenvalue weighted by molar-refractivity contribution is 0.159. The predicted octanol–water partition coefficient (Wildman–Crippen LogP) is 3.61. The topological polar surface area (TPSA) is 30.9 Å². The van der Waals surface area contributed by atoms with Crippen molar-refractivity contribution in [2.24, 2.45) is 16.8 Å². The molecule has 0 aromatic heterocycles. The molecule has 1 atom stereocenters. The van der Waals surface area contributed by atoms with Crippen LogP contribution in [0.15, 0.2) is 17.6 Å². The number of hydrogen-bond acceptors (Lipinski definition) is 2. The molecule has 24 heavy (non-hydrogen) atoms. The molecule has 1 aliphatic rings. The van der Waals surface area contributed by atoms with Gasteiger partial charge in [-0.2, -0.15) is 0 Å². The lowest BCUT2D eigenvalue weighted by atomic mass is 9.97. The molecule has 0 radical (unpaired) electrons. The van der Waals surface area contributed by atoms with Gasteiger partial charge >= 0.3 is 0 Å². The average molecular weight is 337 g/mol. The van der Waals surface area contributed by atoms with Crippen LogP contribution in [-0.4, -0.2) is 62.6 Å². The van der Waals surface area contributed by atoms with Gasteiger partial charge in [0, 0.05) is 40.3 Å². The number of guanidine groups is 1. The molecule has 0 amide bonds. The smallest absolute Gasteiger partial charge is 0.193 e. The molecular formula is C20H40N4. The van der Waals surface area contributed by atoms with Gasteiger partial charge in [-0.05, 0) is 50.5 Å². The first-order chi connectivity index (χ1) is 11.6. The van der Waals surface area contributed by atoms with Gasteiger partial charge in [-0.25, -0.2) is 0 Å². The zero-order chi connectivity index (χ0) is 17.8. The van der Waals surface area contributed by atoms with E-state index in [9.17, 15) is 0 Å². The van der Waals surface area contributed by atoms with Gasteiger partial charge in [0.25, 0.3) is 0 Å². The summed E-state index contributed by atoms with van der Waals surface area (Å²) < 4.78 is 0. The van der Waals surface area contributed by atoms with Gasteiger partial charge in [0.15, 0.2) is 5.96 Å². The van der Waals surface area contributed by atoms with Crippen LogP contribution in [0.3, 0.4) is 0 Å². The minimum Gasteiger partial charge on any atom is -0.356 e. The second kappa shape index (κ2) is 12.3. The van der Waals surface area contributed by atoms with E-state index in [1.165, 1.54) is 51.7 Å². The van der Waals surface area contributed by atoms with Crippen LogP contribution in [-0.2, 0) is 0 Å². The zero-order valence-electron chi connectivity index (χ0n) is 16.6. The molecule has 0 spiro atoms. The number of piperidine rings is 1. The fraction of sp³-hybridized carbons (Fsp3) is 0.850. The molecule has 0 saturated carbocycles. The van der Waals surface area contributed by atoms with E-state index >= 15 is 0 Å². The van der Waals surface area contributed by atoms with Gasteiger partial charge in [0.05, 0.1) is 0 Å². The van der Waals surface area contributed by atoms with Crippen molar-refractivity contribution in [2.45, 2.75) is 52.4 Å². The Morgan fingerprint density at radius 3 is 2.83 bits per heavy atom. The molecule has 1 rings (SSSR count). The second-order valence-electron chi connectivity index (χ2n) is 7.65. The van der Waals surface area contributed by atoms with Crippen LogP contribution in [0.5, 0.6) is 0 Å². The van der Waals surface area contributed by atoms with Crippen molar-refractivity contribution < 1.29 is 0 Å². The molecule has 1 saturated heterocycles. The zero-order valence-corrected chi connectivity index (χ0v) is 16.6. The van der Waals surface area contributed by atoms with Crippen LogP contribution in [0.2, 0.25) is 0 Å². The minimum absolute atomic E-state index is 0.746. The van der Waals surface area contributed by atoms with Gasteiger partial charge in [0.1, 0.15) is 0 Å². The number of nitrogens with zero attached hydrogens (tertiary/aromatic N) is 3. The second-order valence-corrected chi connectivity index (χ2v) is 7.65. The van der Waals surface area contributed by atoms with Crippen molar-refractivity contribution in [1.82, 2.24) is 15.1 Å². The quantitative estimate of drug-likeness (QED) is 0.286. The summed E-state index contributed by atoms with van der Waals surface area (Å²) in [4.78, 5) is 9.35. The predicted molar refractivity (Wildman–Crippen MR) is 107 cm³/mol. The monoisotopic (exact) mass is 336 g/mol. The molecular weight excluding hydrogens is 296 g/mol. The summed E-state index contributed by atoms with van der Waals surface area (Å²) in [6.45, 7) is 14.3. The Kier molecular flexibility index (Phi) is 10.8. The third kappa shape index (κ3) is 8.72. The molecule has 0 bridgehead atoms. The molecule has 0 aliphatic carbocycles. The first kappa shape index (κ1) is 21.0. The summed E-state index contributed by atoms with van der Waals surface area (Å²) in [6, 6.07) is 0. The van der Waals surface area contributed by atoms with Crippen molar-refractivity contribution in [3.8, 4) is 0 Å². The van der Waals surface area contributed by atoms with E-state index in [1.54, 1.807) is 0 Å². The average Bonchev–Trinajstić information content (AvgIpc) is 2.55. The summed E-state index contributed by atoms with van der Waals surface area (Å²) in [7, 11) is 4.04. The number of hydrogen-bond donors (Lipinski definition) is 1. The maximum absolute atomic E-state index is 4.46. The third-order valence-corrected chi connectivity index (χ3v) is 4.75. The van der Waals surface area contributed by atoms with E-state index in [-0.39, 0.29) is 0 Å². The summed E-state index contributed by atoms with van der Waals surface area (Å²) >= 11 is 0. The normalized spacial score (nSPS) is 19.5. The maximum atomic E-state index is 4.46. The Hall–Kier alpha value is -1.03. The summed E-state index contributed by atoms with van der Waals surface area (Å²) in [5.41, 5.74) is 0. The largest absolute Gasteiger partial charge is 0.356 e. The Bertz CT molecular complexity index is 365. The van der Waals surface area contributed by atoms with Gasteiger partial charge in [-0.15, -0.1) is 6.58 Å². The van der Waals surface area contributed by atoms with Gasteiger partial charge < -0.3 is 15.1 Å². The van der Waals surface area contributed by atoms with E-state index in [2.05, 4.69) is 47.6 Å². The lowest BCUT2D eigenvalue weighted by Gasteiger charge is -2.34.